The molecule has 2 heteroatoms. The van der Waals surface area contributed by atoms with Gasteiger partial charge in [0.15, 0.2) is 0 Å². The van der Waals surface area contributed by atoms with Crippen LogP contribution in [0.15, 0.2) is 54.6 Å². The molecule has 0 fully saturated rings. The minimum absolute atomic E-state index is 0.225. The van der Waals surface area contributed by atoms with E-state index >= 15 is 0 Å². The summed E-state index contributed by atoms with van der Waals surface area (Å²) in [5.74, 6) is -0.225. The van der Waals surface area contributed by atoms with Crippen LogP contribution in [0.4, 0.5) is 0 Å². The van der Waals surface area contributed by atoms with E-state index in [0.29, 0.717) is 18.6 Å². The Bertz CT molecular complexity index is 460. The van der Waals surface area contributed by atoms with Gasteiger partial charge >= 0.3 is 5.97 Å². The van der Waals surface area contributed by atoms with Gasteiger partial charge in [-0.3, -0.25) is 0 Å². The van der Waals surface area contributed by atoms with E-state index in [1.165, 1.54) is 25.7 Å². The van der Waals surface area contributed by atoms with Gasteiger partial charge in [-0.15, -0.1) is 0 Å². The van der Waals surface area contributed by atoms with Gasteiger partial charge in [-0.1, -0.05) is 88.1 Å². The van der Waals surface area contributed by atoms with Crippen molar-refractivity contribution in [2.24, 2.45) is 0 Å². The quantitative estimate of drug-likeness (QED) is 0.241. The molecule has 0 radical (unpaired) electrons. The zero-order valence-corrected chi connectivity index (χ0v) is 13.7. The molecule has 0 saturated carbocycles. The molecular weight excluding hydrogens is 272 g/mol. The molecule has 0 heterocycles. The van der Waals surface area contributed by atoms with Crippen LogP contribution in [0.25, 0.3) is 0 Å². The van der Waals surface area contributed by atoms with Gasteiger partial charge in [-0.2, -0.15) is 0 Å². The number of carbonyl (C=O) groups is 1. The monoisotopic (exact) mass is 300 g/mol. The smallest absolute Gasteiger partial charge is 0.334 e. The SMILES string of the molecule is C=CC=C(Cc1ccccc1)C(=O)OCCCCCCCC. The molecule has 1 rings (SSSR count). The summed E-state index contributed by atoms with van der Waals surface area (Å²) in [6.45, 7) is 6.40. The topological polar surface area (TPSA) is 26.3 Å². The highest BCUT2D eigenvalue weighted by atomic mass is 16.5. The maximum Gasteiger partial charge on any atom is 0.334 e. The third-order valence-corrected chi connectivity index (χ3v) is 3.55. The van der Waals surface area contributed by atoms with Crippen molar-refractivity contribution in [3.05, 3.63) is 60.2 Å². The normalized spacial score (nSPS) is 11.2. The van der Waals surface area contributed by atoms with Crippen molar-refractivity contribution < 1.29 is 9.53 Å². The molecule has 2 nitrogen and oxygen atoms in total. The number of esters is 1. The first-order chi connectivity index (χ1) is 10.8. The van der Waals surface area contributed by atoms with Crippen molar-refractivity contribution in [3.63, 3.8) is 0 Å². The number of benzene rings is 1. The third-order valence-electron chi connectivity index (χ3n) is 3.55. The minimum atomic E-state index is -0.225. The van der Waals surface area contributed by atoms with Gasteiger partial charge in [0, 0.05) is 12.0 Å². The van der Waals surface area contributed by atoms with Crippen LogP contribution < -0.4 is 0 Å². The molecule has 0 aliphatic heterocycles. The number of hydrogen-bond acceptors (Lipinski definition) is 2. The Balaban J connectivity index is 2.33. The van der Waals surface area contributed by atoms with Crippen LogP contribution in [0.2, 0.25) is 0 Å². The van der Waals surface area contributed by atoms with E-state index in [9.17, 15) is 4.79 Å². The minimum Gasteiger partial charge on any atom is -0.462 e. The summed E-state index contributed by atoms with van der Waals surface area (Å²) in [5.41, 5.74) is 1.76. The average molecular weight is 300 g/mol. The van der Waals surface area contributed by atoms with E-state index in [-0.39, 0.29) is 5.97 Å². The van der Waals surface area contributed by atoms with Crippen molar-refractivity contribution in [1.82, 2.24) is 0 Å². The van der Waals surface area contributed by atoms with Crippen LogP contribution in [-0.4, -0.2) is 12.6 Å². The number of unbranched alkanes of at least 4 members (excludes halogenated alkanes) is 5. The van der Waals surface area contributed by atoms with Gasteiger partial charge in [-0.25, -0.2) is 4.79 Å². The zero-order chi connectivity index (χ0) is 16.0. The molecule has 1 aromatic carbocycles. The first-order valence-corrected chi connectivity index (χ1v) is 8.30. The second-order valence-corrected chi connectivity index (χ2v) is 5.49. The molecule has 0 unspecified atom stereocenters. The second kappa shape index (κ2) is 11.8. The summed E-state index contributed by atoms with van der Waals surface area (Å²) in [4.78, 5) is 12.1. The van der Waals surface area contributed by atoms with Crippen LogP contribution in [0.1, 0.15) is 51.0 Å². The Kier molecular flexibility index (Phi) is 9.76. The molecule has 0 aliphatic rings. The van der Waals surface area contributed by atoms with Crippen LogP contribution in [0.3, 0.4) is 0 Å². The van der Waals surface area contributed by atoms with E-state index in [2.05, 4.69) is 13.5 Å². The highest BCUT2D eigenvalue weighted by Gasteiger charge is 2.10. The highest BCUT2D eigenvalue weighted by molar-refractivity contribution is 5.89. The van der Waals surface area contributed by atoms with Crippen LogP contribution in [0.5, 0.6) is 0 Å². The number of carbonyl (C=O) groups excluding carboxylic acids is 1. The molecule has 0 N–H and O–H groups in total. The number of hydrogen-bond donors (Lipinski definition) is 0. The van der Waals surface area contributed by atoms with E-state index < -0.39 is 0 Å². The fourth-order valence-corrected chi connectivity index (χ4v) is 2.30. The molecule has 0 bridgehead atoms. The number of rotatable bonds is 11. The molecule has 1 aromatic rings. The third kappa shape index (κ3) is 7.82. The number of allylic oxidation sites excluding steroid dienone is 2. The van der Waals surface area contributed by atoms with E-state index in [0.717, 1.165) is 18.4 Å². The lowest BCUT2D eigenvalue weighted by molar-refractivity contribution is -0.139. The maximum atomic E-state index is 12.1. The van der Waals surface area contributed by atoms with Crippen molar-refractivity contribution in [3.8, 4) is 0 Å². The van der Waals surface area contributed by atoms with Gasteiger partial charge in [0.05, 0.1) is 6.61 Å². The van der Waals surface area contributed by atoms with E-state index in [1.807, 2.05) is 30.3 Å². The lowest BCUT2D eigenvalue weighted by Gasteiger charge is -2.08. The number of ether oxygens (including phenoxy) is 1. The Morgan fingerprint density at radius 1 is 1.09 bits per heavy atom. The van der Waals surface area contributed by atoms with Gasteiger partial charge in [0.1, 0.15) is 0 Å². The summed E-state index contributed by atoms with van der Waals surface area (Å²) in [6, 6.07) is 9.94. The first kappa shape index (κ1) is 18.2. The predicted octanol–water partition coefficient (Wildman–Crippen LogP) is 5.25. The van der Waals surface area contributed by atoms with Gasteiger partial charge in [0.25, 0.3) is 0 Å². The van der Waals surface area contributed by atoms with E-state index in [1.54, 1.807) is 12.2 Å². The largest absolute Gasteiger partial charge is 0.462 e. The molecule has 0 aliphatic carbocycles. The molecule has 0 atom stereocenters. The zero-order valence-electron chi connectivity index (χ0n) is 13.7. The van der Waals surface area contributed by atoms with Crippen LogP contribution >= 0.6 is 0 Å². The lowest BCUT2D eigenvalue weighted by Crippen LogP contribution is -2.11. The molecular formula is C20H28O2. The molecule has 120 valence electrons. The summed E-state index contributed by atoms with van der Waals surface area (Å²) < 4.78 is 5.38. The van der Waals surface area contributed by atoms with E-state index in [4.69, 9.17) is 4.74 Å². The highest BCUT2D eigenvalue weighted by Crippen LogP contribution is 2.11. The fourth-order valence-electron chi connectivity index (χ4n) is 2.30. The lowest BCUT2D eigenvalue weighted by atomic mass is 10.1. The Labute approximate surface area is 134 Å². The molecule has 0 aromatic heterocycles. The summed E-state index contributed by atoms with van der Waals surface area (Å²) in [5, 5.41) is 0. The summed E-state index contributed by atoms with van der Waals surface area (Å²) in [7, 11) is 0. The van der Waals surface area contributed by atoms with Gasteiger partial charge in [0.2, 0.25) is 0 Å². The van der Waals surface area contributed by atoms with Crippen molar-refractivity contribution in [2.45, 2.75) is 51.9 Å². The van der Waals surface area contributed by atoms with Crippen molar-refractivity contribution in [1.29, 1.82) is 0 Å². The second-order valence-electron chi connectivity index (χ2n) is 5.49. The predicted molar refractivity (Wildman–Crippen MR) is 92.8 cm³/mol. The first-order valence-electron chi connectivity index (χ1n) is 8.30. The molecule has 22 heavy (non-hydrogen) atoms. The van der Waals surface area contributed by atoms with Gasteiger partial charge < -0.3 is 4.74 Å². The maximum absolute atomic E-state index is 12.1. The van der Waals surface area contributed by atoms with Crippen molar-refractivity contribution in [2.75, 3.05) is 6.61 Å². The molecule has 0 amide bonds. The summed E-state index contributed by atoms with van der Waals surface area (Å²) in [6.07, 6.45) is 11.1. The fraction of sp³-hybridized carbons (Fsp3) is 0.450. The Hall–Kier alpha value is -1.83. The van der Waals surface area contributed by atoms with Gasteiger partial charge in [-0.05, 0) is 12.0 Å². The average Bonchev–Trinajstić information content (AvgIpc) is 2.54. The van der Waals surface area contributed by atoms with Crippen LogP contribution in [-0.2, 0) is 16.0 Å². The Morgan fingerprint density at radius 3 is 2.45 bits per heavy atom. The molecule has 0 spiro atoms. The van der Waals surface area contributed by atoms with Crippen molar-refractivity contribution >= 4 is 5.97 Å². The molecule has 0 saturated heterocycles. The Morgan fingerprint density at radius 2 is 1.77 bits per heavy atom. The standard InChI is InChI=1S/C20H28O2/c1-3-5-6-7-8-12-16-22-20(21)19(13-4-2)17-18-14-10-9-11-15-18/h4,9-11,13-15H,2-3,5-8,12,16-17H2,1H3. The van der Waals surface area contributed by atoms with Crippen LogP contribution in [0, 0.1) is 0 Å². The summed E-state index contributed by atoms with van der Waals surface area (Å²) >= 11 is 0.